The zero-order valence-electron chi connectivity index (χ0n) is 17.6. The Bertz CT molecular complexity index is 875. The van der Waals surface area contributed by atoms with Crippen LogP contribution in [0.1, 0.15) is 30.9 Å². The zero-order valence-corrected chi connectivity index (χ0v) is 17.6. The molecular weight excluding hydrogens is 378 g/mol. The van der Waals surface area contributed by atoms with Crippen LogP contribution in [0.25, 0.3) is 5.57 Å². The Morgan fingerprint density at radius 1 is 1.17 bits per heavy atom. The summed E-state index contributed by atoms with van der Waals surface area (Å²) >= 11 is 0. The molecule has 1 aliphatic carbocycles. The van der Waals surface area contributed by atoms with E-state index in [-0.39, 0.29) is 18.3 Å². The van der Waals surface area contributed by atoms with Gasteiger partial charge in [-0.2, -0.15) is 0 Å². The largest absolute Gasteiger partial charge is 0.483 e. The smallest absolute Gasteiger partial charge is 0.290 e. The summed E-state index contributed by atoms with van der Waals surface area (Å²) in [5.74, 6) is 0.214. The molecule has 1 fully saturated rings. The van der Waals surface area contributed by atoms with E-state index in [4.69, 9.17) is 9.90 Å². The molecule has 0 saturated carbocycles. The van der Waals surface area contributed by atoms with Crippen LogP contribution in [-0.2, 0) is 16.1 Å². The predicted molar refractivity (Wildman–Crippen MR) is 117 cm³/mol. The third-order valence-electron chi connectivity index (χ3n) is 5.91. The average molecular weight is 408 g/mol. The molecule has 1 unspecified atom stereocenters. The maximum absolute atomic E-state index is 13.5. The van der Waals surface area contributed by atoms with E-state index >= 15 is 0 Å². The second kappa shape index (κ2) is 10.2. The van der Waals surface area contributed by atoms with E-state index in [1.807, 2.05) is 42.7 Å². The van der Waals surface area contributed by atoms with Gasteiger partial charge in [0.2, 0.25) is 5.91 Å². The SMILES string of the molecule is CC1=C(c2ccccc2)C1C(=O)N(Cc1ccncc1)C1CCN(C)CC1.O=CO. The van der Waals surface area contributed by atoms with Gasteiger partial charge in [-0.25, -0.2) is 0 Å². The van der Waals surface area contributed by atoms with Gasteiger partial charge in [0.25, 0.3) is 6.47 Å². The molecule has 6 nitrogen and oxygen atoms in total. The van der Waals surface area contributed by atoms with E-state index < -0.39 is 0 Å². The summed E-state index contributed by atoms with van der Waals surface area (Å²) in [5.41, 5.74) is 4.77. The van der Waals surface area contributed by atoms with Crippen LogP contribution in [0.15, 0.2) is 60.4 Å². The summed E-state index contributed by atoms with van der Waals surface area (Å²) in [6.07, 6.45) is 5.70. The first kappa shape index (κ1) is 21.7. The number of carbonyl (C=O) groups excluding carboxylic acids is 1. The molecule has 0 bridgehead atoms. The molecule has 1 aromatic carbocycles. The van der Waals surface area contributed by atoms with Crippen molar-refractivity contribution in [2.24, 2.45) is 5.92 Å². The second-order valence-corrected chi connectivity index (χ2v) is 7.86. The molecule has 1 aromatic heterocycles. The molecule has 1 atom stereocenters. The molecule has 1 N–H and O–H groups in total. The highest BCUT2D eigenvalue weighted by Gasteiger charge is 2.43. The van der Waals surface area contributed by atoms with Gasteiger partial charge in [-0.05, 0) is 68.7 Å². The Morgan fingerprint density at radius 2 is 1.77 bits per heavy atom. The van der Waals surface area contributed by atoms with Crippen molar-refractivity contribution in [2.75, 3.05) is 20.1 Å². The number of benzene rings is 1. The average Bonchev–Trinajstić information content (AvgIpc) is 3.45. The van der Waals surface area contributed by atoms with E-state index in [0.29, 0.717) is 12.6 Å². The number of amides is 1. The van der Waals surface area contributed by atoms with E-state index in [0.717, 1.165) is 31.5 Å². The number of likely N-dealkylation sites (tertiary alicyclic amines) is 1. The van der Waals surface area contributed by atoms with Crippen LogP contribution >= 0.6 is 0 Å². The van der Waals surface area contributed by atoms with E-state index in [2.05, 4.69) is 40.9 Å². The van der Waals surface area contributed by atoms with Crippen molar-refractivity contribution in [3.8, 4) is 0 Å². The lowest BCUT2D eigenvalue weighted by Crippen LogP contribution is -2.47. The first-order valence-electron chi connectivity index (χ1n) is 10.3. The molecule has 6 heteroatoms. The Morgan fingerprint density at radius 3 is 2.37 bits per heavy atom. The molecular formula is C24H29N3O3. The lowest BCUT2D eigenvalue weighted by molar-refractivity contribution is -0.136. The Kier molecular flexibility index (Phi) is 7.36. The molecule has 1 amide bonds. The molecule has 158 valence electrons. The molecule has 4 rings (SSSR count). The molecule has 0 spiro atoms. The van der Waals surface area contributed by atoms with Crippen molar-refractivity contribution in [2.45, 2.75) is 32.4 Å². The van der Waals surface area contributed by atoms with Gasteiger partial charge in [0.15, 0.2) is 0 Å². The third-order valence-corrected chi connectivity index (χ3v) is 5.91. The summed E-state index contributed by atoms with van der Waals surface area (Å²) in [7, 11) is 2.16. The predicted octanol–water partition coefficient (Wildman–Crippen LogP) is 3.31. The van der Waals surface area contributed by atoms with Crippen LogP contribution < -0.4 is 0 Å². The van der Waals surface area contributed by atoms with Crippen LogP contribution in [0.3, 0.4) is 0 Å². The molecule has 30 heavy (non-hydrogen) atoms. The van der Waals surface area contributed by atoms with Crippen molar-refractivity contribution in [1.29, 1.82) is 0 Å². The first-order valence-corrected chi connectivity index (χ1v) is 10.3. The van der Waals surface area contributed by atoms with E-state index in [1.165, 1.54) is 16.7 Å². The first-order chi connectivity index (χ1) is 14.6. The van der Waals surface area contributed by atoms with E-state index in [9.17, 15) is 4.79 Å². The van der Waals surface area contributed by atoms with E-state index in [1.54, 1.807) is 0 Å². The normalized spacial score (nSPS) is 18.9. The highest BCUT2D eigenvalue weighted by molar-refractivity contribution is 6.06. The van der Waals surface area contributed by atoms with Crippen LogP contribution in [0.5, 0.6) is 0 Å². The van der Waals surface area contributed by atoms with Crippen LogP contribution in [0, 0.1) is 5.92 Å². The number of rotatable bonds is 5. The molecule has 2 aromatic rings. The Balaban J connectivity index is 0.000000806. The number of carbonyl (C=O) groups is 2. The fourth-order valence-electron chi connectivity index (χ4n) is 4.20. The lowest BCUT2D eigenvalue weighted by atomic mass is 10.0. The number of pyridine rings is 1. The monoisotopic (exact) mass is 407 g/mol. The van der Waals surface area contributed by atoms with Gasteiger partial charge in [0.1, 0.15) is 0 Å². The molecule has 1 saturated heterocycles. The molecule has 1 aliphatic heterocycles. The number of nitrogens with zero attached hydrogens (tertiary/aromatic N) is 3. The Labute approximate surface area is 177 Å². The van der Waals surface area contributed by atoms with Crippen molar-refractivity contribution in [1.82, 2.24) is 14.8 Å². The lowest BCUT2D eigenvalue weighted by Gasteiger charge is -2.38. The number of hydrogen-bond donors (Lipinski definition) is 1. The summed E-state index contributed by atoms with van der Waals surface area (Å²) in [6, 6.07) is 14.7. The van der Waals surface area contributed by atoms with Gasteiger partial charge >= 0.3 is 0 Å². The molecule has 2 aliphatic rings. The fourth-order valence-corrected chi connectivity index (χ4v) is 4.20. The van der Waals surface area contributed by atoms with Gasteiger partial charge < -0.3 is 14.9 Å². The van der Waals surface area contributed by atoms with Crippen molar-refractivity contribution in [3.05, 3.63) is 71.6 Å². The summed E-state index contributed by atoms with van der Waals surface area (Å²) < 4.78 is 0. The minimum atomic E-state index is -0.250. The standard InChI is InChI=1S/C23H27N3O.CH2O2/c1-17-21(19-6-4-3-5-7-19)22(17)23(27)26(16-18-8-12-24-13-9-18)20-10-14-25(2)15-11-20;2-1-3/h3-9,12-13,20,22H,10-11,14-16H2,1-2H3;1H,(H,2,3). The highest BCUT2D eigenvalue weighted by atomic mass is 16.3. The van der Waals surface area contributed by atoms with Gasteiger partial charge in [0.05, 0.1) is 5.92 Å². The zero-order chi connectivity index (χ0) is 21.5. The van der Waals surface area contributed by atoms with Gasteiger partial charge in [-0.1, -0.05) is 35.9 Å². The van der Waals surface area contributed by atoms with Crippen LogP contribution in [0.4, 0.5) is 0 Å². The van der Waals surface area contributed by atoms with Gasteiger partial charge in [-0.15, -0.1) is 0 Å². The minimum Gasteiger partial charge on any atom is -0.483 e. The third kappa shape index (κ3) is 5.13. The van der Waals surface area contributed by atoms with Gasteiger partial charge in [-0.3, -0.25) is 14.6 Å². The number of hydrogen-bond acceptors (Lipinski definition) is 4. The van der Waals surface area contributed by atoms with Crippen molar-refractivity contribution >= 4 is 18.0 Å². The maximum Gasteiger partial charge on any atom is 0.290 e. The van der Waals surface area contributed by atoms with Crippen molar-refractivity contribution in [3.63, 3.8) is 0 Å². The second-order valence-electron chi connectivity index (χ2n) is 7.86. The molecule has 0 radical (unpaired) electrons. The quantitative estimate of drug-likeness (QED) is 0.770. The number of aromatic nitrogens is 1. The summed E-state index contributed by atoms with van der Waals surface area (Å²) in [4.78, 5) is 30.5. The Hall–Kier alpha value is -2.99. The van der Waals surface area contributed by atoms with Gasteiger partial charge in [0, 0.05) is 25.0 Å². The van der Waals surface area contributed by atoms with Crippen molar-refractivity contribution < 1.29 is 14.7 Å². The number of piperidine rings is 1. The summed E-state index contributed by atoms with van der Waals surface area (Å²) in [6.45, 7) is 4.62. The number of carboxylic acid groups (broad SMARTS) is 1. The molecule has 2 heterocycles. The fraction of sp³-hybridized carbons (Fsp3) is 0.375. The summed E-state index contributed by atoms with van der Waals surface area (Å²) in [5, 5.41) is 6.89. The van der Waals surface area contributed by atoms with Crippen LogP contribution in [-0.4, -0.2) is 58.4 Å². The topological polar surface area (TPSA) is 73.7 Å². The highest BCUT2D eigenvalue weighted by Crippen LogP contribution is 2.48. The van der Waals surface area contributed by atoms with Crippen LogP contribution in [0.2, 0.25) is 0 Å². The maximum atomic E-state index is 13.5. The minimum absolute atomic E-state index is 0.0473.